The molecular weight excluding hydrogens is 244 g/mol. The normalized spacial score (nSPS) is 28.6. The van der Waals surface area contributed by atoms with Crippen molar-refractivity contribution in [3.63, 3.8) is 0 Å². The minimum absolute atomic E-state index is 0.401. The molecule has 0 aromatic heterocycles. The van der Waals surface area contributed by atoms with E-state index in [2.05, 4.69) is 65.6 Å². The second-order valence-corrected chi connectivity index (χ2v) is 8.43. The van der Waals surface area contributed by atoms with E-state index < -0.39 is 0 Å². The van der Waals surface area contributed by atoms with Gasteiger partial charge in [-0.2, -0.15) is 0 Å². The third-order valence-corrected chi connectivity index (χ3v) is 5.58. The lowest BCUT2D eigenvalue weighted by Gasteiger charge is -2.46. The van der Waals surface area contributed by atoms with Crippen molar-refractivity contribution in [3.8, 4) is 0 Å². The van der Waals surface area contributed by atoms with Gasteiger partial charge in [0, 0.05) is 31.7 Å². The van der Waals surface area contributed by atoms with Gasteiger partial charge < -0.3 is 5.32 Å². The summed E-state index contributed by atoms with van der Waals surface area (Å²) < 4.78 is 0. The van der Waals surface area contributed by atoms with Crippen LogP contribution in [0, 0.1) is 23.2 Å². The van der Waals surface area contributed by atoms with Gasteiger partial charge in [0.2, 0.25) is 0 Å². The fraction of sp³-hybridized carbons (Fsp3) is 1.00. The SMILES string of the molecule is CCC(C)C1CN(CC(C)C(C)(C)C)C(C(C)C)CN1. The molecular formula is C18H38N2. The topological polar surface area (TPSA) is 15.3 Å². The van der Waals surface area contributed by atoms with Crippen molar-refractivity contribution in [3.05, 3.63) is 0 Å². The standard InChI is InChI=1S/C18H38N2/c1-9-14(4)16-12-20(11-15(5)18(6,7)8)17(10-19-16)13(2)3/h13-17,19H,9-12H2,1-8H3. The van der Waals surface area contributed by atoms with Crippen LogP contribution >= 0.6 is 0 Å². The second kappa shape index (κ2) is 7.26. The van der Waals surface area contributed by atoms with Crippen molar-refractivity contribution in [2.24, 2.45) is 23.2 Å². The molecule has 1 fully saturated rings. The number of hydrogen-bond acceptors (Lipinski definition) is 2. The minimum atomic E-state index is 0.401. The number of piperazine rings is 1. The van der Waals surface area contributed by atoms with Gasteiger partial charge in [-0.1, -0.05) is 61.8 Å². The van der Waals surface area contributed by atoms with Crippen molar-refractivity contribution < 1.29 is 0 Å². The molecule has 1 aliphatic rings. The van der Waals surface area contributed by atoms with Crippen LogP contribution in [0.5, 0.6) is 0 Å². The van der Waals surface area contributed by atoms with Gasteiger partial charge in [0.25, 0.3) is 0 Å². The van der Waals surface area contributed by atoms with Crippen LogP contribution in [0.25, 0.3) is 0 Å². The van der Waals surface area contributed by atoms with Gasteiger partial charge >= 0.3 is 0 Å². The summed E-state index contributed by atoms with van der Waals surface area (Å²) in [6.07, 6.45) is 1.27. The molecule has 0 bridgehead atoms. The quantitative estimate of drug-likeness (QED) is 0.819. The van der Waals surface area contributed by atoms with Gasteiger partial charge in [-0.15, -0.1) is 0 Å². The molecule has 20 heavy (non-hydrogen) atoms. The molecule has 1 rings (SSSR count). The highest BCUT2D eigenvalue weighted by Gasteiger charge is 2.34. The number of rotatable bonds is 5. The molecule has 0 amide bonds. The molecule has 0 radical (unpaired) electrons. The fourth-order valence-electron chi connectivity index (χ4n) is 3.01. The Morgan fingerprint density at radius 2 is 1.75 bits per heavy atom. The molecule has 1 aliphatic heterocycles. The van der Waals surface area contributed by atoms with E-state index in [-0.39, 0.29) is 0 Å². The summed E-state index contributed by atoms with van der Waals surface area (Å²) in [4.78, 5) is 2.77. The summed E-state index contributed by atoms with van der Waals surface area (Å²) >= 11 is 0. The Bertz CT molecular complexity index is 280. The smallest absolute Gasteiger partial charge is 0.0244 e. The van der Waals surface area contributed by atoms with Crippen LogP contribution in [-0.2, 0) is 0 Å². The second-order valence-electron chi connectivity index (χ2n) is 8.43. The van der Waals surface area contributed by atoms with E-state index in [4.69, 9.17) is 0 Å². The summed E-state index contributed by atoms with van der Waals surface area (Å²) in [5, 5.41) is 3.80. The molecule has 2 heteroatoms. The van der Waals surface area contributed by atoms with Crippen LogP contribution < -0.4 is 5.32 Å². The molecule has 120 valence electrons. The van der Waals surface area contributed by atoms with E-state index in [1.54, 1.807) is 0 Å². The molecule has 0 aromatic carbocycles. The first-order valence-electron chi connectivity index (χ1n) is 8.64. The first-order valence-corrected chi connectivity index (χ1v) is 8.64. The molecule has 4 atom stereocenters. The van der Waals surface area contributed by atoms with E-state index >= 15 is 0 Å². The number of nitrogens with one attached hydrogen (secondary N) is 1. The van der Waals surface area contributed by atoms with Gasteiger partial charge in [-0.3, -0.25) is 4.90 Å². The summed E-state index contributed by atoms with van der Waals surface area (Å²) in [7, 11) is 0. The first-order chi connectivity index (χ1) is 9.16. The van der Waals surface area contributed by atoms with Gasteiger partial charge in [-0.25, -0.2) is 0 Å². The maximum atomic E-state index is 3.80. The van der Waals surface area contributed by atoms with E-state index in [1.165, 1.54) is 19.5 Å². The van der Waals surface area contributed by atoms with Gasteiger partial charge in [0.1, 0.15) is 0 Å². The Morgan fingerprint density at radius 3 is 2.20 bits per heavy atom. The summed E-state index contributed by atoms with van der Waals surface area (Å²) in [6.45, 7) is 22.6. The van der Waals surface area contributed by atoms with Crippen LogP contribution in [0.1, 0.15) is 61.8 Å². The van der Waals surface area contributed by atoms with E-state index in [9.17, 15) is 0 Å². The highest BCUT2D eigenvalue weighted by molar-refractivity contribution is 4.91. The molecule has 2 nitrogen and oxygen atoms in total. The summed E-state index contributed by atoms with van der Waals surface area (Å²) in [5.74, 6) is 2.24. The molecule has 1 heterocycles. The highest BCUT2D eigenvalue weighted by Crippen LogP contribution is 2.29. The molecule has 1 N–H and O–H groups in total. The largest absolute Gasteiger partial charge is 0.311 e. The van der Waals surface area contributed by atoms with Gasteiger partial charge in [-0.05, 0) is 23.2 Å². The zero-order valence-corrected chi connectivity index (χ0v) is 15.2. The molecule has 0 aliphatic carbocycles. The Balaban J connectivity index is 2.73. The lowest BCUT2D eigenvalue weighted by Crippen LogP contribution is -2.61. The predicted octanol–water partition coefficient (Wildman–Crippen LogP) is 4.01. The third-order valence-electron chi connectivity index (χ3n) is 5.58. The molecule has 0 spiro atoms. The highest BCUT2D eigenvalue weighted by atomic mass is 15.2. The zero-order chi connectivity index (χ0) is 15.5. The molecule has 4 unspecified atom stereocenters. The van der Waals surface area contributed by atoms with Crippen molar-refractivity contribution in [2.45, 2.75) is 73.9 Å². The van der Waals surface area contributed by atoms with E-state index in [0.717, 1.165) is 24.3 Å². The first kappa shape index (κ1) is 18.0. The van der Waals surface area contributed by atoms with Crippen LogP contribution in [0.4, 0.5) is 0 Å². The summed E-state index contributed by atoms with van der Waals surface area (Å²) in [6, 6.07) is 1.36. The third kappa shape index (κ3) is 4.73. The van der Waals surface area contributed by atoms with Crippen LogP contribution in [0.2, 0.25) is 0 Å². The Kier molecular flexibility index (Phi) is 6.53. The van der Waals surface area contributed by atoms with E-state index in [1.807, 2.05) is 0 Å². The van der Waals surface area contributed by atoms with Crippen LogP contribution in [0.15, 0.2) is 0 Å². The van der Waals surface area contributed by atoms with Crippen molar-refractivity contribution in [1.82, 2.24) is 10.2 Å². The van der Waals surface area contributed by atoms with Gasteiger partial charge in [0.15, 0.2) is 0 Å². The lowest BCUT2D eigenvalue weighted by molar-refractivity contribution is 0.0501. The number of nitrogens with zero attached hydrogens (tertiary/aromatic N) is 1. The maximum absolute atomic E-state index is 3.80. The fourth-order valence-corrected chi connectivity index (χ4v) is 3.01. The van der Waals surface area contributed by atoms with Crippen molar-refractivity contribution >= 4 is 0 Å². The van der Waals surface area contributed by atoms with Crippen molar-refractivity contribution in [1.29, 1.82) is 0 Å². The average Bonchev–Trinajstić information content (AvgIpc) is 2.36. The Hall–Kier alpha value is -0.0800. The average molecular weight is 283 g/mol. The molecule has 1 saturated heterocycles. The van der Waals surface area contributed by atoms with Crippen LogP contribution in [0.3, 0.4) is 0 Å². The molecule has 0 aromatic rings. The van der Waals surface area contributed by atoms with Crippen LogP contribution in [-0.4, -0.2) is 36.6 Å². The maximum Gasteiger partial charge on any atom is 0.0244 e. The minimum Gasteiger partial charge on any atom is -0.311 e. The Morgan fingerprint density at radius 1 is 1.15 bits per heavy atom. The van der Waals surface area contributed by atoms with Crippen molar-refractivity contribution in [2.75, 3.05) is 19.6 Å². The number of hydrogen-bond donors (Lipinski definition) is 1. The van der Waals surface area contributed by atoms with Gasteiger partial charge in [0.05, 0.1) is 0 Å². The Labute approximate surface area is 127 Å². The monoisotopic (exact) mass is 282 g/mol. The predicted molar refractivity (Wildman–Crippen MR) is 90.1 cm³/mol. The summed E-state index contributed by atoms with van der Waals surface area (Å²) in [5.41, 5.74) is 0.401. The lowest BCUT2D eigenvalue weighted by atomic mass is 9.81. The zero-order valence-electron chi connectivity index (χ0n) is 15.2. The van der Waals surface area contributed by atoms with E-state index in [0.29, 0.717) is 17.5 Å². The molecule has 0 saturated carbocycles.